The van der Waals surface area contributed by atoms with E-state index in [0.29, 0.717) is 31.3 Å². The van der Waals surface area contributed by atoms with Gasteiger partial charge < -0.3 is 5.32 Å². The van der Waals surface area contributed by atoms with Crippen molar-refractivity contribution < 1.29 is 4.79 Å². The molecule has 0 fully saturated rings. The Balaban J connectivity index is 1.50. The highest BCUT2D eigenvalue weighted by molar-refractivity contribution is 7.07. The first-order valence-electron chi connectivity index (χ1n) is 12.2. The van der Waals surface area contributed by atoms with Crippen LogP contribution in [0.1, 0.15) is 24.1 Å². The van der Waals surface area contributed by atoms with E-state index in [1.54, 1.807) is 29.8 Å². The fourth-order valence-corrected chi connectivity index (χ4v) is 5.84. The van der Waals surface area contributed by atoms with Crippen LogP contribution in [0.15, 0.2) is 112 Å². The Kier molecular flexibility index (Phi) is 6.56. The van der Waals surface area contributed by atoms with Crippen molar-refractivity contribution in [1.82, 2.24) is 14.8 Å². The number of aromatic amines is 1. The van der Waals surface area contributed by atoms with Crippen molar-refractivity contribution in [2.24, 2.45) is 4.99 Å². The van der Waals surface area contributed by atoms with Crippen LogP contribution in [0.2, 0.25) is 5.02 Å². The van der Waals surface area contributed by atoms with Crippen LogP contribution >= 0.6 is 22.9 Å². The average molecular weight is 552 g/mol. The van der Waals surface area contributed by atoms with Crippen LogP contribution in [0.3, 0.4) is 0 Å². The topological polar surface area (TPSA) is 92.1 Å². The second kappa shape index (κ2) is 10.3. The molecule has 3 aromatic carbocycles. The van der Waals surface area contributed by atoms with Gasteiger partial charge in [-0.3, -0.25) is 19.3 Å². The third-order valence-corrected chi connectivity index (χ3v) is 7.74. The van der Waals surface area contributed by atoms with E-state index in [9.17, 15) is 9.59 Å². The molecule has 0 aliphatic carbocycles. The zero-order valence-corrected chi connectivity index (χ0v) is 22.3. The van der Waals surface area contributed by atoms with Crippen LogP contribution in [0.4, 0.5) is 5.69 Å². The molecule has 7 nitrogen and oxygen atoms in total. The Labute approximate surface area is 232 Å². The van der Waals surface area contributed by atoms with Crippen LogP contribution in [0.25, 0.3) is 17.3 Å². The molecule has 0 spiro atoms. The Morgan fingerprint density at radius 2 is 1.72 bits per heavy atom. The molecular formula is C30H22ClN5O2S. The van der Waals surface area contributed by atoms with Crippen LogP contribution in [0.5, 0.6) is 0 Å². The molecule has 2 N–H and O–H groups in total. The monoisotopic (exact) mass is 551 g/mol. The zero-order valence-electron chi connectivity index (χ0n) is 20.8. The molecule has 1 aliphatic rings. The molecule has 0 radical (unpaired) electrons. The van der Waals surface area contributed by atoms with Crippen molar-refractivity contribution in [2.75, 3.05) is 5.32 Å². The number of thiazole rings is 1. The van der Waals surface area contributed by atoms with Crippen molar-refractivity contribution >= 4 is 40.6 Å². The van der Waals surface area contributed by atoms with Gasteiger partial charge in [-0.05, 0) is 42.8 Å². The van der Waals surface area contributed by atoms with Gasteiger partial charge in [0.05, 0.1) is 33.7 Å². The number of H-pyrrole nitrogens is 1. The number of carbonyl (C=O) groups excluding carboxylic acids is 1. The van der Waals surface area contributed by atoms with Crippen molar-refractivity contribution in [3.8, 4) is 11.3 Å². The largest absolute Gasteiger partial charge is 0.322 e. The molecule has 192 valence electrons. The number of rotatable bonds is 5. The molecular weight excluding hydrogens is 530 g/mol. The summed E-state index contributed by atoms with van der Waals surface area (Å²) >= 11 is 7.46. The van der Waals surface area contributed by atoms with Gasteiger partial charge >= 0.3 is 0 Å². The Morgan fingerprint density at radius 3 is 2.44 bits per heavy atom. The first-order chi connectivity index (χ1) is 19.0. The van der Waals surface area contributed by atoms with Gasteiger partial charge in [0.2, 0.25) is 0 Å². The molecule has 0 bridgehead atoms. The summed E-state index contributed by atoms with van der Waals surface area (Å²) in [4.78, 5) is 32.8. The van der Waals surface area contributed by atoms with Crippen molar-refractivity contribution in [1.29, 1.82) is 0 Å². The smallest absolute Gasteiger partial charge is 0.271 e. The van der Waals surface area contributed by atoms with Crippen molar-refractivity contribution in [2.45, 2.75) is 13.0 Å². The maximum atomic E-state index is 13.9. The van der Waals surface area contributed by atoms with Gasteiger partial charge in [-0.1, -0.05) is 83.6 Å². The minimum absolute atomic E-state index is 0.239. The minimum atomic E-state index is -0.678. The second-order valence-corrected chi connectivity index (χ2v) is 10.5. The van der Waals surface area contributed by atoms with E-state index in [-0.39, 0.29) is 11.5 Å². The molecule has 2 aromatic heterocycles. The maximum Gasteiger partial charge on any atom is 0.271 e. The third-order valence-electron chi connectivity index (χ3n) is 6.50. The van der Waals surface area contributed by atoms with Crippen LogP contribution < -0.4 is 20.2 Å². The number of fused-ring (bicyclic) bond motifs is 1. The average Bonchev–Trinajstić information content (AvgIpc) is 3.53. The fourth-order valence-electron chi connectivity index (χ4n) is 4.67. The molecule has 1 atom stereocenters. The highest BCUT2D eigenvalue weighted by Gasteiger charge is 2.32. The van der Waals surface area contributed by atoms with Gasteiger partial charge in [-0.25, -0.2) is 4.99 Å². The summed E-state index contributed by atoms with van der Waals surface area (Å²) in [5.41, 5.74) is 4.68. The van der Waals surface area contributed by atoms with Gasteiger partial charge in [0, 0.05) is 21.8 Å². The van der Waals surface area contributed by atoms with E-state index in [4.69, 9.17) is 16.6 Å². The zero-order chi connectivity index (χ0) is 26.9. The molecule has 5 aromatic rings. The lowest BCUT2D eigenvalue weighted by molar-refractivity contribution is -0.113. The summed E-state index contributed by atoms with van der Waals surface area (Å²) in [6.45, 7) is 1.80. The van der Waals surface area contributed by atoms with E-state index >= 15 is 0 Å². The number of benzene rings is 3. The number of allylic oxidation sites excluding steroid dienone is 1. The van der Waals surface area contributed by atoms with Crippen LogP contribution in [0, 0.1) is 0 Å². The number of carbonyl (C=O) groups is 1. The fraction of sp³-hybridized carbons (Fsp3) is 0.0667. The summed E-state index contributed by atoms with van der Waals surface area (Å²) < 4.78 is 2.08. The Hall–Kier alpha value is -4.53. The van der Waals surface area contributed by atoms with Gasteiger partial charge in [0.25, 0.3) is 11.5 Å². The molecule has 0 saturated carbocycles. The van der Waals surface area contributed by atoms with Gasteiger partial charge in [0.1, 0.15) is 0 Å². The lowest BCUT2D eigenvalue weighted by atomic mass is 9.95. The number of nitrogens with one attached hydrogen (secondary N) is 2. The number of amides is 1. The van der Waals surface area contributed by atoms with Gasteiger partial charge in [-0.2, -0.15) is 5.10 Å². The predicted molar refractivity (Wildman–Crippen MR) is 154 cm³/mol. The quantitative estimate of drug-likeness (QED) is 0.325. The standard InChI is InChI=1S/C30H22ClN5O2S/c1-18-25(28(37)34-23-10-6-3-7-11-23)27(20-12-14-22(31)15-13-20)36-29(38)24(39-30(36)33-18)16-21-17-32-35-26(21)19-8-4-2-5-9-19/h2-17,27H,1H3,(H,32,35)(H,34,37)/b24-16+/t27-/m1/s1. The molecule has 9 heteroatoms. The van der Waals surface area contributed by atoms with Gasteiger partial charge in [-0.15, -0.1) is 0 Å². The Bertz CT molecular complexity index is 1890. The maximum absolute atomic E-state index is 13.9. The highest BCUT2D eigenvalue weighted by Crippen LogP contribution is 2.31. The summed E-state index contributed by atoms with van der Waals surface area (Å²) in [6.07, 6.45) is 3.51. The minimum Gasteiger partial charge on any atom is -0.322 e. The first-order valence-corrected chi connectivity index (χ1v) is 13.4. The second-order valence-electron chi connectivity index (χ2n) is 9.02. The highest BCUT2D eigenvalue weighted by atomic mass is 35.5. The van der Waals surface area contributed by atoms with Crippen molar-refractivity contribution in [3.63, 3.8) is 0 Å². The Morgan fingerprint density at radius 1 is 1.03 bits per heavy atom. The van der Waals surface area contributed by atoms with Gasteiger partial charge in [0.15, 0.2) is 4.80 Å². The lowest BCUT2D eigenvalue weighted by Gasteiger charge is -2.25. The van der Waals surface area contributed by atoms with Crippen molar-refractivity contribution in [3.05, 3.63) is 138 Å². The van der Waals surface area contributed by atoms with E-state index in [0.717, 1.165) is 22.4 Å². The first kappa shape index (κ1) is 24.8. The molecule has 3 heterocycles. The molecule has 6 rings (SSSR count). The number of hydrogen-bond acceptors (Lipinski definition) is 5. The number of nitrogens with zero attached hydrogens (tertiary/aromatic N) is 3. The molecule has 0 saturated heterocycles. The summed E-state index contributed by atoms with van der Waals surface area (Å²) in [5, 5.41) is 10.8. The summed E-state index contributed by atoms with van der Waals surface area (Å²) in [7, 11) is 0. The molecule has 1 aliphatic heterocycles. The van der Waals surface area contributed by atoms with E-state index in [2.05, 4.69) is 15.5 Å². The normalized spacial score (nSPS) is 15.1. The van der Waals surface area contributed by atoms with E-state index in [1.165, 1.54) is 11.3 Å². The summed E-state index contributed by atoms with van der Waals surface area (Å²) in [6, 6.07) is 25.5. The number of para-hydroxylation sites is 1. The van der Waals surface area contributed by atoms with Crippen LogP contribution in [-0.2, 0) is 4.79 Å². The molecule has 0 unspecified atom stereocenters. The third kappa shape index (κ3) is 4.76. The number of anilines is 1. The molecule has 1 amide bonds. The lowest BCUT2D eigenvalue weighted by Crippen LogP contribution is -2.40. The van der Waals surface area contributed by atoms with Crippen LogP contribution in [-0.4, -0.2) is 20.7 Å². The number of halogens is 1. The SMILES string of the molecule is CC1=C(C(=O)Nc2ccccc2)[C@@H](c2ccc(Cl)cc2)n2c(s/c(=C/c3cn[nH]c3-c3ccccc3)c2=O)=N1. The van der Waals surface area contributed by atoms with E-state index in [1.807, 2.05) is 78.9 Å². The predicted octanol–water partition coefficient (Wildman–Crippen LogP) is 4.92. The summed E-state index contributed by atoms with van der Waals surface area (Å²) in [5.74, 6) is -0.321. The molecule has 39 heavy (non-hydrogen) atoms. The number of hydrogen-bond donors (Lipinski definition) is 2. The van der Waals surface area contributed by atoms with E-state index < -0.39 is 6.04 Å². The number of aromatic nitrogens is 3.